The molecule has 0 saturated heterocycles. The van der Waals surface area contributed by atoms with Gasteiger partial charge >= 0.3 is 0 Å². The van der Waals surface area contributed by atoms with Crippen molar-refractivity contribution in [3.05, 3.63) is 58.7 Å². The number of ether oxygens (including phenoxy) is 1. The minimum atomic E-state index is -0.616. The Labute approximate surface area is 168 Å². The monoisotopic (exact) mass is 390 g/mol. The van der Waals surface area contributed by atoms with Gasteiger partial charge in [0.2, 0.25) is 0 Å². The summed E-state index contributed by atoms with van der Waals surface area (Å²) in [4.78, 5) is 21.0. The zero-order valence-electron chi connectivity index (χ0n) is 16.0. The Morgan fingerprint density at radius 3 is 2.86 bits per heavy atom. The number of anilines is 1. The van der Waals surface area contributed by atoms with Crippen LogP contribution in [-0.4, -0.2) is 31.0 Å². The average Bonchev–Trinajstić information content (AvgIpc) is 3.44. The van der Waals surface area contributed by atoms with Crippen LogP contribution in [0.15, 0.2) is 46.4 Å². The Hall–Kier alpha value is -3.39. The van der Waals surface area contributed by atoms with E-state index in [1.54, 1.807) is 7.11 Å². The molecule has 3 unspecified atom stereocenters. The molecule has 0 aromatic heterocycles. The molecule has 148 valence electrons. The molecule has 1 aliphatic carbocycles. The molecule has 1 saturated carbocycles. The second-order valence-corrected chi connectivity index (χ2v) is 7.47. The normalized spacial score (nSPS) is 24.8. The number of fused-ring (bicyclic) bond motifs is 2. The zero-order chi connectivity index (χ0) is 20.1. The third-order valence-corrected chi connectivity index (χ3v) is 5.73. The smallest absolute Gasteiger partial charge is 0.251 e. The molecule has 2 aromatic rings. The number of nitrogens with two attached hydrogens (primary N) is 2. The summed E-state index contributed by atoms with van der Waals surface area (Å²) in [6, 6.07) is 11.5. The van der Waals surface area contributed by atoms with Crippen molar-refractivity contribution >= 4 is 23.3 Å². The Morgan fingerprint density at radius 1 is 1.24 bits per heavy atom. The quantitative estimate of drug-likeness (QED) is 0.467. The number of carbonyl (C=O) groups is 1. The largest absolute Gasteiger partial charge is 0.495 e. The van der Waals surface area contributed by atoms with Crippen molar-refractivity contribution in [3.63, 3.8) is 0 Å². The van der Waals surface area contributed by atoms with E-state index in [9.17, 15) is 4.79 Å². The third-order valence-electron chi connectivity index (χ3n) is 5.73. The Morgan fingerprint density at radius 2 is 2.03 bits per heavy atom. The molecule has 2 aliphatic heterocycles. The Kier molecular flexibility index (Phi) is 4.02. The summed E-state index contributed by atoms with van der Waals surface area (Å²) < 4.78 is 5.41. The van der Waals surface area contributed by atoms with E-state index in [-0.39, 0.29) is 17.7 Å². The first-order chi connectivity index (χ1) is 14.1. The van der Waals surface area contributed by atoms with E-state index in [0.29, 0.717) is 24.0 Å². The third kappa shape index (κ3) is 2.92. The molecule has 6 N–H and O–H groups in total. The van der Waals surface area contributed by atoms with Gasteiger partial charge < -0.3 is 21.1 Å². The highest BCUT2D eigenvalue weighted by atomic mass is 16.5. The van der Waals surface area contributed by atoms with Crippen molar-refractivity contribution in [2.45, 2.75) is 25.2 Å². The average molecular weight is 390 g/mol. The predicted molar refractivity (Wildman–Crippen MR) is 111 cm³/mol. The Balaban J connectivity index is 1.43. The van der Waals surface area contributed by atoms with Crippen LogP contribution in [-0.2, 0) is 6.54 Å². The summed E-state index contributed by atoms with van der Waals surface area (Å²) in [5.74, 6) is 2.10. The van der Waals surface area contributed by atoms with Crippen LogP contribution < -0.4 is 26.8 Å². The van der Waals surface area contributed by atoms with E-state index in [1.807, 2.05) is 30.3 Å². The maximum Gasteiger partial charge on any atom is 0.251 e. The van der Waals surface area contributed by atoms with Crippen LogP contribution in [0.1, 0.15) is 39.4 Å². The van der Waals surface area contributed by atoms with Gasteiger partial charge in [0.05, 0.1) is 12.8 Å². The fourth-order valence-corrected chi connectivity index (χ4v) is 4.20. The summed E-state index contributed by atoms with van der Waals surface area (Å²) in [5.41, 5.74) is 17.0. The minimum Gasteiger partial charge on any atom is -0.495 e. The van der Waals surface area contributed by atoms with Crippen LogP contribution in [0.5, 0.6) is 5.75 Å². The molecule has 3 atom stereocenters. The second kappa shape index (κ2) is 6.59. The number of amides is 1. The number of hydrogen-bond acceptors (Lipinski definition) is 6. The van der Waals surface area contributed by atoms with Gasteiger partial charge in [0.1, 0.15) is 11.6 Å². The van der Waals surface area contributed by atoms with E-state index >= 15 is 0 Å². The predicted octanol–water partition coefficient (Wildman–Crippen LogP) is 1.51. The lowest BCUT2D eigenvalue weighted by atomic mass is 9.98. The van der Waals surface area contributed by atoms with Gasteiger partial charge in [0.25, 0.3) is 5.91 Å². The summed E-state index contributed by atoms with van der Waals surface area (Å²) in [6.07, 6.45) is 0.289. The number of carbonyl (C=O) groups excluding carboxylic acids is 1. The molecule has 1 fully saturated rings. The molecule has 2 heterocycles. The van der Waals surface area contributed by atoms with Crippen molar-refractivity contribution in [1.29, 1.82) is 0 Å². The molecule has 8 nitrogen and oxygen atoms in total. The maximum atomic E-state index is 11.9. The minimum absolute atomic E-state index is 0.00991. The van der Waals surface area contributed by atoms with Crippen molar-refractivity contribution in [2.24, 2.45) is 27.4 Å². The number of amidine groups is 2. The summed E-state index contributed by atoms with van der Waals surface area (Å²) >= 11 is 0. The number of rotatable bonds is 3. The van der Waals surface area contributed by atoms with E-state index in [2.05, 4.69) is 26.7 Å². The van der Waals surface area contributed by atoms with Gasteiger partial charge in [-0.2, -0.15) is 0 Å². The number of methoxy groups -OCH3 is 1. The van der Waals surface area contributed by atoms with E-state index < -0.39 is 6.29 Å². The van der Waals surface area contributed by atoms with Gasteiger partial charge in [0.15, 0.2) is 12.1 Å². The van der Waals surface area contributed by atoms with Crippen LogP contribution in [0, 0.1) is 5.92 Å². The second-order valence-electron chi connectivity index (χ2n) is 7.47. The highest BCUT2D eigenvalue weighted by Gasteiger charge is 2.43. The summed E-state index contributed by atoms with van der Waals surface area (Å²) in [6.45, 7) is 0.574. The molecule has 0 spiro atoms. The van der Waals surface area contributed by atoms with Gasteiger partial charge in [-0.1, -0.05) is 18.2 Å². The number of hydrogen-bond donors (Lipinski definition) is 4. The molecular weight excluding hydrogens is 368 g/mol. The number of nitrogens with zero attached hydrogens (tertiary/aromatic N) is 2. The van der Waals surface area contributed by atoms with E-state index in [1.165, 1.54) is 5.56 Å². The highest BCUT2D eigenvalue weighted by molar-refractivity contribution is 6.12. The van der Waals surface area contributed by atoms with E-state index in [0.717, 1.165) is 28.8 Å². The molecule has 3 aliphatic rings. The van der Waals surface area contributed by atoms with Gasteiger partial charge in [0, 0.05) is 23.6 Å². The highest BCUT2D eigenvalue weighted by Crippen LogP contribution is 2.49. The van der Waals surface area contributed by atoms with Gasteiger partial charge in [-0.3, -0.25) is 10.5 Å². The molecule has 2 aromatic carbocycles. The molecular formula is C21H22N6O2. The molecule has 8 heteroatoms. The molecule has 0 radical (unpaired) electrons. The number of aliphatic imine (C=N–C) groups is 2. The lowest BCUT2D eigenvalue weighted by Crippen LogP contribution is -2.33. The first kappa shape index (κ1) is 17.7. The SMILES string of the molecule is COc1cccc2c1NC(N)N=C2N=C(N)C1CC1c1cccc2c1CNC2=O. The van der Waals surface area contributed by atoms with Crippen molar-refractivity contribution < 1.29 is 9.53 Å². The molecule has 5 rings (SSSR count). The Bertz CT molecular complexity index is 1080. The van der Waals surface area contributed by atoms with E-state index in [4.69, 9.17) is 16.2 Å². The van der Waals surface area contributed by atoms with Crippen LogP contribution in [0.3, 0.4) is 0 Å². The maximum absolute atomic E-state index is 11.9. The molecule has 29 heavy (non-hydrogen) atoms. The van der Waals surface area contributed by atoms with Crippen molar-refractivity contribution in [3.8, 4) is 5.75 Å². The van der Waals surface area contributed by atoms with Crippen LogP contribution in [0.25, 0.3) is 0 Å². The summed E-state index contributed by atoms with van der Waals surface area (Å²) in [5, 5.41) is 6.00. The topological polar surface area (TPSA) is 127 Å². The fourth-order valence-electron chi connectivity index (χ4n) is 4.20. The zero-order valence-corrected chi connectivity index (χ0v) is 16.0. The number of para-hydroxylation sites is 1. The number of nitrogens with one attached hydrogen (secondary N) is 2. The van der Waals surface area contributed by atoms with Crippen LogP contribution >= 0.6 is 0 Å². The van der Waals surface area contributed by atoms with Gasteiger partial charge in [-0.05, 0) is 41.7 Å². The lowest BCUT2D eigenvalue weighted by Gasteiger charge is -2.23. The van der Waals surface area contributed by atoms with Gasteiger partial charge in [-0.25, -0.2) is 9.98 Å². The molecule has 0 bridgehead atoms. The van der Waals surface area contributed by atoms with Crippen LogP contribution in [0.4, 0.5) is 5.69 Å². The van der Waals surface area contributed by atoms with Crippen molar-refractivity contribution in [2.75, 3.05) is 12.4 Å². The lowest BCUT2D eigenvalue weighted by molar-refractivity contribution is 0.0965. The fraction of sp³-hybridized carbons (Fsp3) is 0.286. The molecule has 1 amide bonds. The first-order valence-electron chi connectivity index (χ1n) is 9.58. The first-order valence-corrected chi connectivity index (χ1v) is 9.58. The number of benzene rings is 2. The summed E-state index contributed by atoms with van der Waals surface area (Å²) in [7, 11) is 1.61. The van der Waals surface area contributed by atoms with Gasteiger partial charge in [-0.15, -0.1) is 0 Å². The van der Waals surface area contributed by atoms with Crippen molar-refractivity contribution in [1.82, 2.24) is 5.32 Å². The standard InChI is InChI=1S/C21H22N6O2/c1-29-16-7-3-6-12-17(16)25-21(23)27-19(12)26-18(22)14-8-13(14)10-4-2-5-11-15(10)9-24-20(11)28/h2-7,13-14,21,25H,8-9,23H2,1H3,(H,24,28)(H2,22,26,27). The van der Waals surface area contributed by atoms with Crippen LogP contribution in [0.2, 0.25) is 0 Å².